The topological polar surface area (TPSA) is 84.5 Å². The molecule has 0 radical (unpaired) electrons. The molecular weight excluding hydrogens is 431 g/mol. The van der Waals surface area contributed by atoms with Crippen LogP contribution >= 0.6 is 0 Å². The molecule has 4 rings (SSSR count). The van der Waals surface area contributed by atoms with Gasteiger partial charge in [0.25, 0.3) is 15.9 Å². The van der Waals surface area contributed by atoms with Crippen LogP contribution in [-0.4, -0.2) is 21.4 Å². The maximum absolute atomic E-state index is 13.2. The number of nitrogens with one attached hydrogen (secondary N) is 2. The van der Waals surface area contributed by atoms with E-state index in [1.807, 2.05) is 24.3 Å². The molecule has 0 fully saturated rings. The second-order valence-corrected chi connectivity index (χ2v) is 8.60. The summed E-state index contributed by atoms with van der Waals surface area (Å²) in [6.45, 7) is 0. The van der Waals surface area contributed by atoms with E-state index in [1.54, 1.807) is 31.4 Å². The summed E-state index contributed by atoms with van der Waals surface area (Å²) < 4.78 is 46.4. The third kappa shape index (κ3) is 4.26. The molecule has 8 heteroatoms. The first-order valence-corrected chi connectivity index (χ1v) is 11.1. The first-order chi connectivity index (χ1) is 15.4. The summed E-state index contributed by atoms with van der Waals surface area (Å²) in [5.74, 6) is -0.362. The molecule has 0 saturated carbocycles. The number of carbonyl (C=O) groups is 1. The summed E-state index contributed by atoms with van der Waals surface area (Å²) in [7, 11) is -2.44. The number of anilines is 2. The van der Waals surface area contributed by atoms with Gasteiger partial charge in [-0.2, -0.15) is 0 Å². The number of halogens is 1. The van der Waals surface area contributed by atoms with Crippen molar-refractivity contribution < 1.29 is 22.3 Å². The van der Waals surface area contributed by atoms with E-state index < -0.39 is 21.7 Å². The largest absolute Gasteiger partial charge is 0.496 e. The molecule has 0 aromatic heterocycles. The molecule has 0 aliphatic rings. The van der Waals surface area contributed by atoms with Gasteiger partial charge in [0.15, 0.2) is 0 Å². The Bertz CT molecular complexity index is 1400. The molecule has 0 aliphatic heterocycles. The Kier molecular flexibility index (Phi) is 5.79. The lowest BCUT2D eigenvalue weighted by atomic mass is 10.1. The number of hydrogen-bond donors (Lipinski definition) is 2. The molecule has 6 nitrogen and oxygen atoms in total. The fourth-order valence-electron chi connectivity index (χ4n) is 3.34. The Morgan fingerprint density at radius 3 is 2.19 bits per heavy atom. The molecule has 0 spiro atoms. The van der Waals surface area contributed by atoms with Gasteiger partial charge in [-0.1, -0.05) is 36.4 Å². The molecule has 4 aromatic carbocycles. The number of methoxy groups -OCH3 is 1. The van der Waals surface area contributed by atoms with Crippen LogP contribution in [0, 0.1) is 5.82 Å². The van der Waals surface area contributed by atoms with Gasteiger partial charge in [0, 0.05) is 16.5 Å². The zero-order chi connectivity index (χ0) is 22.7. The maximum Gasteiger partial charge on any atom is 0.261 e. The summed E-state index contributed by atoms with van der Waals surface area (Å²) in [6, 6.07) is 21.6. The SMILES string of the molecule is COc1ccc(NC(=O)c2ccccc2NS(=O)(=O)c2ccc(F)cc2)c2ccccc12. The van der Waals surface area contributed by atoms with Crippen molar-refractivity contribution in [2.45, 2.75) is 4.90 Å². The first kappa shape index (κ1) is 21.3. The average Bonchev–Trinajstić information content (AvgIpc) is 2.79. The van der Waals surface area contributed by atoms with Crippen LogP contribution in [0.25, 0.3) is 10.8 Å². The predicted molar refractivity (Wildman–Crippen MR) is 122 cm³/mol. The highest BCUT2D eigenvalue weighted by molar-refractivity contribution is 7.92. The van der Waals surface area contributed by atoms with Crippen molar-refractivity contribution in [3.05, 3.63) is 96.3 Å². The van der Waals surface area contributed by atoms with E-state index >= 15 is 0 Å². The minimum absolute atomic E-state index is 0.104. The van der Waals surface area contributed by atoms with Gasteiger partial charge in [-0.3, -0.25) is 9.52 Å². The summed E-state index contributed by atoms with van der Waals surface area (Å²) in [5.41, 5.74) is 0.799. The second kappa shape index (κ2) is 8.68. The number of rotatable bonds is 6. The number of benzene rings is 4. The first-order valence-electron chi connectivity index (χ1n) is 9.63. The van der Waals surface area contributed by atoms with E-state index in [0.29, 0.717) is 11.4 Å². The fraction of sp³-hybridized carbons (Fsp3) is 0.0417. The summed E-state index contributed by atoms with van der Waals surface area (Å²) >= 11 is 0. The van der Waals surface area contributed by atoms with Crippen LogP contribution in [0.2, 0.25) is 0 Å². The lowest BCUT2D eigenvalue weighted by Gasteiger charge is -2.14. The number of hydrogen-bond acceptors (Lipinski definition) is 4. The van der Waals surface area contributed by atoms with Crippen molar-refractivity contribution in [3.8, 4) is 5.75 Å². The summed E-state index contributed by atoms with van der Waals surface area (Å²) in [5, 5.41) is 4.46. The minimum Gasteiger partial charge on any atom is -0.496 e. The van der Waals surface area contributed by atoms with E-state index in [4.69, 9.17) is 4.74 Å². The Labute approximate surface area is 184 Å². The van der Waals surface area contributed by atoms with Gasteiger partial charge in [0.05, 0.1) is 23.3 Å². The highest BCUT2D eigenvalue weighted by Gasteiger charge is 2.19. The van der Waals surface area contributed by atoms with Gasteiger partial charge in [-0.25, -0.2) is 12.8 Å². The van der Waals surface area contributed by atoms with Crippen molar-refractivity contribution in [2.24, 2.45) is 0 Å². The Hall–Kier alpha value is -3.91. The number of amides is 1. The molecule has 0 saturated heterocycles. The molecule has 2 N–H and O–H groups in total. The Morgan fingerprint density at radius 2 is 1.47 bits per heavy atom. The molecule has 0 atom stereocenters. The molecule has 162 valence electrons. The smallest absolute Gasteiger partial charge is 0.261 e. The lowest BCUT2D eigenvalue weighted by Crippen LogP contribution is -2.18. The van der Waals surface area contributed by atoms with Crippen LogP contribution in [-0.2, 0) is 10.0 Å². The molecule has 32 heavy (non-hydrogen) atoms. The molecule has 0 heterocycles. The van der Waals surface area contributed by atoms with Gasteiger partial charge in [0.1, 0.15) is 11.6 Å². The highest BCUT2D eigenvalue weighted by Crippen LogP contribution is 2.32. The van der Waals surface area contributed by atoms with Crippen molar-refractivity contribution in [3.63, 3.8) is 0 Å². The predicted octanol–water partition coefficient (Wildman–Crippen LogP) is 5.04. The summed E-state index contributed by atoms with van der Waals surface area (Å²) in [4.78, 5) is 13.0. The van der Waals surface area contributed by atoms with Gasteiger partial charge < -0.3 is 10.1 Å². The molecule has 0 bridgehead atoms. The number of carbonyl (C=O) groups excluding carboxylic acids is 1. The van der Waals surface area contributed by atoms with Gasteiger partial charge in [-0.15, -0.1) is 0 Å². The monoisotopic (exact) mass is 450 g/mol. The quantitative estimate of drug-likeness (QED) is 0.431. The van der Waals surface area contributed by atoms with Crippen LogP contribution in [0.5, 0.6) is 5.75 Å². The number of fused-ring (bicyclic) bond motifs is 1. The number of sulfonamides is 1. The standard InChI is InChI=1S/C24H19FN2O4S/c1-31-23-15-14-21(18-6-2-3-7-19(18)23)26-24(28)20-8-4-5-9-22(20)27-32(29,30)17-12-10-16(25)11-13-17/h2-15,27H,1H3,(H,26,28). The Balaban J connectivity index is 1.65. The van der Waals surface area contributed by atoms with E-state index in [1.165, 1.54) is 12.1 Å². The van der Waals surface area contributed by atoms with Crippen LogP contribution in [0.1, 0.15) is 10.4 Å². The zero-order valence-corrected chi connectivity index (χ0v) is 17.8. The molecule has 4 aromatic rings. The van der Waals surface area contributed by atoms with E-state index in [9.17, 15) is 17.6 Å². The van der Waals surface area contributed by atoms with Gasteiger partial charge >= 0.3 is 0 Å². The van der Waals surface area contributed by atoms with Crippen LogP contribution in [0.4, 0.5) is 15.8 Å². The average molecular weight is 450 g/mol. The molecule has 0 unspecified atom stereocenters. The van der Waals surface area contributed by atoms with Gasteiger partial charge in [-0.05, 0) is 48.5 Å². The molecule has 1 amide bonds. The normalized spacial score (nSPS) is 11.2. The van der Waals surface area contributed by atoms with Crippen LogP contribution < -0.4 is 14.8 Å². The third-order valence-corrected chi connectivity index (χ3v) is 6.27. The van der Waals surface area contributed by atoms with Crippen molar-refractivity contribution in [1.29, 1.82) is 0 Å². The van der Waals surface area contributed by atoms with Crippen molar-refractivity contribution in [2.75, 3.05) is 17.1 Å². The minimum atomic E-state index is -4.02. The van der Waals surface area contributed by atoms with Crippen LogP contribution in [0.3, 0.4) is 0 Å². The number of para-hydroxylation sites is 1. The molecule has 0 aliphatic carbocycles. The lowest BCUT2D eigenvalue weighted by molar-refractivity contribution is 0.102. The summed E-state index contributed by atoms with van der Waals surface area (Å²) in [6.07, 6.45) is 0. The Morgan fingerprint density at radius 1 is 0.812 bits per heavy atom. The third-order valence-electron chi connectivity index (χ3n) is 4.89. The second-order valence-electron chi connectivity index (χ2n) is 6.92. The van der Waals surface area contributed by atoms with E-state index in [0.717, 1.165) is 35.0 Å². The zero-order valence-electron chi connectivity index (χ0n) is 17.0. The fourth-order valence-corrected chi connectivity index (χ4v) is 4.42. The maximum atomic E-state index is 13.2. The van der Waals surface area contributed by atoms with E-state index in [-0.39, 0.29) is 16.1 Å². The van der Waals surface area contributed by atoms with Crippen molar-refractivity contribution >= 4 is 38.1 Å². The molecular formula is C24H19FN2O4S. The highest BCUT2D eigenvalue weighted by atomic mass is 32.2. The van der Waals surface area contributed by atoms with Gasteiger partial charge in [0.2, 0.25) is 0 Å². The van der Waals surface area contributed by atoms with Crippen molar-refractivity contribution in [1.82, 2.24) is 0 Å². The number of ether oxygens (including phenoxy) is 1. The van der Waals surface area contributed by atoms with Crippen LogP contribution in [0.15, 0.2) is 89.8 Å². The van der Waals surface area contributed by atoms with E-state index in [2.05, 4.69) is 10.0 Å².